The molecule has 0 aromatic carbocycles. The van der Waals surface area contributed by atoms with Crippen molar-refractivity contribution in [1.82, 2.24) is 5.32 Å². The third-order valence-corrected chi connectivity index (χ3v) is 5.45. The van der Waals surface area contributed by atoms with Crippen LogP contribution in [0.15, 0.2) is 11.8 Å². The summed E-state index contributed by atoms with van der Waals surface area (Å²) in [4.78, 5) is 0. The van der Waals surface area contributed by atoms with Gasteiger partial charge in [0, 0.05) is 6.42 Å². The van der Waals surface area contributed by atoms with Crippen LogP contribution in [0.3, 0.4) is 0 Å². The Kier molecular flexibility index (Phi) is 4.67. The van der Waals surface area contributed by atoms with Crippen LogP contribution < -0.4 is 5.32 Å². The minimum absolute atomic E-state index is 0.200. The van der Waals surface area contributed by atoms with Crippen LogP contribution in [0.5, 0.6) is 0 Å². The van der Waals surface area contributed by atoms with E-state index in [4.69, 9.17) is 4.74 Å². The van der Waals surface area contributed by atoms with E-state index in [1.807, 2.05) is 0 Å². The molecule has 5 heteroatoms. The van der Waals surface area contributed by atoms with Gasteiger partial charge in [-0.15, -0.1) is 0 Å². The Hall–Kier alpha value is -0.550. The zero-order valence-corrected chi connectivity index (χ0v) is 11.8. The van der Waals surface area contributed by atoms with Crippen molar-refractivity contribution in [3.05, 3.63) is 11.8 Å². The lowest BCUT2D eigenvalue weighted by atomic mass is 9.98. The molecule has 0 radical (unpaired) electrons. The second kappa shape index (κ2) is 6.06. The summed E-state index contributed by atoms with van der Waals surface area (Å²) >= 11 is 0. The van der Waals surface area contributed by atoms with E-state index < -0.39 is 9.84 Å². The molecule has 2 aliphatic heterocycles. The van der Waals surface area contributed by atoms with E-state index in [0.717, 1.165) is 44.6 Å². The van der Waals surface area contributed by atoms with Crippen LogP contribution in [0.1, 0.15) is 32.6 Å². The Labute approximate surface area is 110 Å². The maximum atomic E-state index is 11.5. The molecule has 2 aliphatic rings. The van der Waals surface area contributed by atoms with Crippen LogP contribution >= 0.6 is 0 Å². The first-order chi connectivity index (χ1) is 8.61. The number of sulfone groups is 1. The summed E-state index contributed by atoms with van der Waals surface area (Å²) in [6.45, 7) is 3.85. The monoisotopic (exact) mass is 273 g/mol. The van der Waals surface area contributed by atoms with Gasteiger partial charge in [-0.1, -0.05) is 6.92 Å². The van der Waals surface area contributed by atoms with E-state index in [1.54, 1.807) is 0 Å². The van der Waals surface area contributed by atoms with Gasteiger partial charge in [-0.05, 0) is 37.8 Å². The average molecular weight is 273 g/mol. The summed E-state index contributed by atoms with van der Waals surface area (Å²) in [7, 11) is -2.77. The minimum atomic E-state index is -2.77. The van der Waals surface area contributed by atoms with Gasteiger partial charge in [0.05, 0.1) is 24.2 Å². The van der Waals surface area contributed by atoms with Gasteiger partial charge in [-0.25, -0.2) is 8.42 Å². The zero-order chi connectivity index (χ0) is 13.0. The highest BCUT2D eigenvalue weighted by molar-refractivity contribution is 7.91. The smallest absolute Gasteiger partial charge is 0.150 e. The summed E-state index contributed by atoms with van der Waals surface area (Å²) < 4.78 is 28.6. The normalized spacial score (nSPS) is 27.8. The van der Waals surface area contributed by atoms with Crippen molar-refractivity contribution in [1.29, 1.82) is 0 Å². The van der Waals surface area contributed by atoms with E-state index in [2.05, 4.69) is 18.3 Å². The molecule has 2 rings (SSSR count). The number of ether oxygens (including phenoxy) is 1. The second-order valence-electron chi connectivity index (χ2n) is 5.26. The second-order valence-corrected chi connectivity index (χ2v) is 7.48. The van der Waals surface area contributed by atoms with Gasteiger partial charge < -0.3 is 10.1 Å². The molecule has 1 fully saturated rings. The molecule has 0 bridgehead atoms. The Balaban J connectivity index is 1.92. The lowest BCUT2D eigenvalue weighted by Crippen LogP contribution is -2.34. The molecule has 0 aliphatic carbocycles. The van der Waals surface area contributed by atoms with E-state index >= 15 is 0 Å². The highest BCUT2D eigenvalue weighted by Gasteiger charge is 2.31. The number of hydrogen-bond acceptors (Lipinski definition) is 4. The van der Waals surface area contributed by atoms with E-state index in [9.17, 15) is 8.42 Å². The van der Waals surface area contributed by atoms with Gasteiger partial charge in [-0.3, -0.25) is 0 Å². The van der Waals surface area contributed by atoms with Crippen LogP contribution in [0.2, 0.25) is 0 Å². The lowest BCUT2D eigenvalue weighted by Gasteiger charge is -2.22. The van der Waals surface area contributed by atoms with Gasteiger partial charge >= 0.3 is 0 Å². The number of nitrogens with one attached hydrogen (secondary N) is 1. The van der Waals surface area contributed by atoms with E-state index in [1.165, 1.54) is 0 Å². The first-order valence-corrected chi connectivity index (χ1v) is 8.69. The molecule has 0 aromatic rings. The van der Waals surface area contributed by atoms with Crippen LogP contribution in [0.25, 0.3) is 0 Å². The predicted octanol–water partition coefficient (Wildman–Crippen LogP) is 1.48. The Morgan fingerprint density at radius 1 is 1.56 bits per heavy atom. The molecule has 1 saturated heterocycles. The van der Waals surface area contributed by atoms with Crippen molar-refractivity contribution >= 4 is 9.84 Å². The van der Waals surface area contributed by atoms with Crippen LogP contribution in [0.4, 0.5) is 0 Å². The predicted molar refractivity (Wildman–Crippen MR) is 72.1 cm³/mol. The highest BCUT2D eigenvalue weighted by atomic mass is 32.2. The van der Waals surface area contributed by atoms with Gasteiger partial charge in [-0.2, -0.15) is 0 Å². The third kappa shape index (κ3) is 3.72. The fourth-order valence-corrected chi connectivity index (χ4v) is 4.57. The maximum Gasteiger partial charge on any atom is 0.150 e. The van der Waals surface area contributed by atoms with Crippen LogP contribution in [0, 0.1) is 5.92 Å². The Morgan fingerprint density at radius 3 is 2.94 bits per heavy atom. The summed E-state index contributed by atoms with van der Waals surface area (Å²) in [5, 5.41) is 3.48. The number of rotatable bonds is 6. The fraction of sp³-hybridized carbons (Fsp3) is 0.846. The molecule has 4 nitrogen and oxygen atoms in total. The first-order valence-electron chi connectivity index (χ1n) is 6.87. The molecule has 2 atom stereocenters. The fourth-order valence-electron chi connectivity index (χ4n) is 2.69. The van der Waals surface area contributed by atoms with Crippen molar-refractivity contribution in [3.63, 3.8) is 0 Å². The molecular weight excluding hydrogens is 250 g/mol. The minimum Gasteiger partial charge on any atom is -0.496 e. The summed E-state index contributed by atoms with van der Waals surface area (Å²) in [6, 6.07) is 0.200. The molecule has 2 heterocycles. The third-order valence-electron chi connectivity index (χ3n) is 3.61. The van der Waals surface area contributed by atoms with Gasteiger partial charge in [0.15, 0.2) is 9.84 Å². The molecule has 18 heavy (non-hydrogen) atoms. The molecule has 104 valence electrons. The van der Waals surface area contributed by atoms with Crippen LogP contribution in [-0.2, 0) is 14.6 Å². The largest absolute Gasteiger partial charge is 0.496 e. The van der Waals surface area contributed by atoms with Crippen molar-refractivity contribution in [2.75, 3.05) is 24.7 Å². The summed E-state index contributed by atoms with van der Waals surface area (Å²) in [5.41, 5.74) is 0. The molecule has 0 aromatic heterocycles. The Bertz CT molecular complexity index is 402. The number of hydrogen-bond donors (Lipinski definition) is 1. The molecule has 0 spiro atoms. The van der Waals surface area contributed by atoms with Crippen molar-refractivity contribution in [2.24, 2.45) is 5.92 Å². The van der Waals surface area contributed by atoms with E-state index in [0.29, 0.717) is 11.5 Å². The Morgan fingerprint density at radius 2 is 2.39 bits per heavy atom. The van der Waals surface area contributed by atoms with Gasteiger partial charge in [0.1, 0.15) is 5.76 Å². The van der Waals surface area contributed by atoms with Gasteiger partial charge in [0.2, 0.25) is 0 Å². The first kappa shape index (κ1) is 13.9. The zero-order valence-electron chi connectivity index (χ0n) is 11.0. The molecule has 2 unspecified atom stereocenters. The highest BCUT2D eigenvalue weighted by Crippen LogP contribution is 2.26. The molecule has 0 amide bonds. The van der Waals surface area contributed by atoms with Gasteiger partial charge in [0.25, 0.3) is 0 Å². The molecule has 1 N–H and O–H groups in total. The summed E-state index contributed by atoms with van der Waals surface area (Å²) in [6.07, 6.45) is 5.87. The molecule has 0 saturated carbocycles. The van der Waals surface area contributed by atoms with E-state index in [-0.39, 0.29) is 12.0 Å². The molecular formula is C13H23NO3S. The van der Waals surface area contributed by atoms with Crippen molar-refractivity contribution in [3.8, 4) is 0 Å². The summed E-state index contributed by atoms with van der Waals surface area (Å²) in [5.74, 6) is 2.02. The maximum absolute atomic E-state index is 11.5. The lowest BCUT2D eigenvalue weighted by molar-refractivity contribution is 0.205. The van der Waals surface area contributed by atoms with Crippen molar-refractivity contribution < 1.29 is 13.2 Å². The topological polar surface area (TPSA) is 55.4 Å². The SMILES string of the molecule is CCCNC(CC1CCS(=O)(=O)C1)C1=CCCO1. The quantitative estimate of drug-likeness (QED) is 0.796. The van der Waals surface area contributed by atoms with Crippen molar-refractivity contribution in [2.45, 2.75) is 38.6 Å². The van der Waals surface area contributed by atoms with Crippen LogP contribution in [-0.4, -0.2) is 39.1 Å². The standard InChI is InChI=1S/C13H23NO3S/c1-2-6-14-12(13-4-3-7-17-13)9-11-5-8-18(15,16)10-11/h4,11-12,14H,2-3,5-10H2,1H3. The average Bonchev–Trinajstić information content (AvgIpc) is 2.94.